The first kappa shape index (κ1) is 17.6. The summed E-state index contributed by atoms with van der Waals surface area (Å²) in [5, 5.41) is 10.6. The van der Waals surface area contributed by atoms with E-state index < -0.39 is 4.92 Å². The Kier molecular flexibility index (Phi) is 6.29. The average molecular weight is 350 g/mol. The second-order valence-electron chi connectivity index (χ2n) is 5.24. The number of rotatable bonds is 7. The van der Waals surface area contributed by atoms with E-state index in [-0.39, 0.29) is 11.6 Å². The van der Waals surface area contributed by atoms with Crippen molar-refractivity contribution in [2.75, 3.05) is 6.54 Å². The Labute approximate surface area is 144 Å². The molecule has 0 spiro atoms. The SMILES string of the molecule is CCCCCCN1C(=O)/C(=C\c2ccc([N+](=O)[O-])cc2)SC1=S. The molecular formula is C16H18N2O3S2. The van der Waals surface area contributed by atoms with Gasteiger partial charge in [0.2, 0.25) is 0 Å². The molecule has 1 heterocycles. The monoisotopic (exact) mass is 350 g/mol. The summed E-state index contributed by atoms with van der Waals surface area (Å²) >= 11 is 6.57. The normalized spacial score (nSPS) is 16.4. The van der Waals surface area contributed by atoms with Crippen molar-refractivity contribution in [3.8, 4) is 0 Å². The lowest BCUT2D eigenvalue weighted by Gasteiger charge is -2.13. The molecule has 23 heavy (non-hydrogen) atoms. The van der Waals surface area contributed by atoms with Gasteiger partial charge < -0.3 is 0 Å². The van der Waals surface area contributed by atoms with Crippen LogP contribution < -0.4 is 0 Å². The zero-order chi connectivity index (χ0) is 16.8. The fourth-order valence-corrected chi connectivity index (χ4v) is 3.54. The Balaban J connectivity index is 2.04. The van der Waals surface area contributed by atoms with Crippen LogP contribution >= 0.6 is 24.0 Å². The van der Waals surface area contributed by atoms with Crippen molar-refractivity contribution in [1.82, 2.24) is 4.90 Å². The molecule has 1 amide bonds. The van der Waals surface area contributed by atoms with Crippen molar-refractivity contribution in [3.63, 3.8) is 0 Å². The largest absolute Gasteiger partial charge is 0.293 e. The van der Waals surface area contributed by atoms with E-state index in [9.17, 15) is 14.9 Å². The predicted octanol–water partition coefficient (Wildman–Crippen LogP) is 4.38. The summed E-state index contributed by atoms with van der Waals surface area (Å²) in [4.78, 5) is 24.8. The molecule has 0 saturated carbocycles. The number of non-ortho nitro benzene ring substituents is 1. The number of benzene rings is 1. The first-order chi connectivity index (χ1) is 11.0. The zero-order valence-corrected chi connectivity index (χ0v) is 14.5. The van der Waals surface area contributed by atoms with Gasteiger partial charge in [0.1, 0.15) is 4.32 Å². The Hall–Kier alpha value is -1.73. The van der Waals surface area contributed by atoms with E-state index >= 15 is 0 Å². The van der Waals surface area contributed by atoms with E-state index in [0.29, 0.717) is 15.8 Å². The van der Waals surface area contributed by atoms with Crippen LogP contribution in [0.1, 0.15) is 38.2 Å². The molecule has 0 N–H and O–H groups in total. The number of nitro groups is 1. The standard InChI is InChI=1S/C16H18N2O3S2/c1-2-3-4-5-10-17-15(19)14(23-16(17)22)11-12-6-8-13(9-7-12)18(20)21/h6-9,11H,2-5,10H2,1H3/b14-11+. The average Bonchev–Trinajstić information content (AvgIpc) is 2.79. The minimum absolute atomic E-state index is 0.0330. The first-order valence-corrected chi connectivity index (χ1v) is 8.75. The summed E-state index contributed by atoms with van der Waals surface area (Å²) in [6.07, 6.45) is 6.08. The molecule has 1 aliphatic rings. The van der Waals surface area contributed by atoms with Gasteiger partial charge >= 0.3 is 0 Å². The highest BCUT2D eigenvalue weighted by atomic mass is 32.2. The fraction of sp³-hybridized carbons (Fsp3) is 0.375. The van der Waals surface area contributed by atoms with E-state index in [4.69, 9.17) is 12.2 Å². The van der Waals surface area contributed by atoms with E-state index in [1.54, 1.807) is 23.1 Å². The third kappa shape index (κ3) is 4.62. The highest BCUT2D eigenvalue weighted by Gasteiger charge is 2.31. The smallest absolute Gasteiger partial charge is 0.269 e. The van der Waals surface area contributed by atoms with Gasteiger partial charge in [-0.2, -0.15) is 0 Å². The molecule has 0 aliphatic carbocycles. The first-order valence-electron chi connectivity index (χ1n) is 7.52. The number of thioether (sulfide) groups is 1. The van der Waals surface area contributed by atoms with Crippen molar-refractivity contribution in [1.29, 1.82) is 0 Å². The van der Waals surface area contributed by atoms with Gasteiger partial charge in [0.25, 0.3) is 11.6 Å². The van der Waals surface area contributed by atoms with E-state index in [2.05, 4.69) is 6.92 Å². The molecule has 1 aromatic carbocycles. The van der Waals surface area contributed by atoms with E-state index in [0.717, 1.165) is 31.2 Å². The lowest BCUT2D eigenvalue weighted by Crippen LogP contribution is -2.28. The lowest BCUT2D eigenvalue weighted by molar-refractivity contribution is -0.384. The molecule has 0 bridgehead atoms. The molecule has 2 rings (SSSR count). The number of amides is 1. The number of carbonyl (C=O) groups excluding carboxylic acids is 1. The summed E-state index contributed by atoms with van der Waals surface area (Å²) in [6.45, 7) is 2.80. The maximum absolute atomic E-state index is 12.4. The van der Waals surface area contributed by atoms with Crippen LogP contribution in [0.2, 0.25) is 0 Å². The van der Waals surface area contributed by atoms with Crippen LogP contribution in [0.5, 0.6) is 0 Å². The molecule has 1 aliphatic heterocycles. The molecule has 1 fully saturated rings. The minimum atomic E-state index is -0.445. The quantitative estimate of drug-likeness (QED) is 0.240. The Morgan fingerprint density at radius 1 is 1.26 bits per heavy atom. The van der Waals surface area contributed by atoms with Crippen molar-refractivity contribution < 1.29 is 9.72 Å². The maximum atomic E-state index is 12.4. The summed E-state index contributed by atoms with van der Waals surface area (Å²) in [5.74, 6) is -0.0742. The molecule has 122 valence electrons. The van der Waals surface area contributed by atoms with Crippen LogP contribution in [-0.4, -0.2) is 26.6 Å². The molecule has 1 saturated heterocycles. The van der Waals surface area contributed by atoms with E-state index in [1.165, 1.54) is 23.9 Å². The zero-order valence-electron chi connectivity index (χ0n) is 12.9. The molecule has 0 unspecified atom stereocenters. The van der Waals surface area contributed by atoms with E-state index in [1.807, 2.05) is 0 Å². The predicted molar refractivity (Wildman–Crippen MR) is 97.1 cm³/mol. The molecule has 5 nitrogen and oxygen atoms in total. The van der Waals surface area contributed by atoms with Gasteiger partial charge in [-0.05, 0) is 30.2 Å². The van der Waals surface area contributed by atoms with Crippen LogP contribution in [0.25, 0.3) is 6.08 Å². The van der Waals surface area contributed by atoms with Crippen molar-refractivity contribution in [2.45, 2.75) is 32.6 Å². The maximum Gasteiger partial charge on any atom is 0.269 e. The topological polar surface area (TPSA) is 63.5 Å². The van der Waals surface area contributed by atoms with Gasteiger partial charge in [-0.1, -0.05) is 50.2 Å². The second-order valence-corrected chi connectivity index (χ2v) is 6.92. The third-order valence-corrected chi connectivity index (χ3v) is 4.89. The number of carbonyl (C=O) groups is 1. The summed E-state index contributed by atoms with van der Waals surface area (Å²) in [5.41, 5.74) is 0.785. The van der Waals surface area contributed by atoms with Gasteiger partial charge in [0, 0.05) is 18.7 Å². The fourth-order valence-electron chi connectivity index (χ4n) is 2.23. The summed E-state index contributed by atoms with van der Waals surface area (Å²) < 4.78 is 0.583. The number of hydrogen-bond acceptors (Lipinski definition) is 5. The van der Waals surface area contributed by atoms with Crippen molar-refractivity contribution in [3.05, 3.63) is 44.8 Å². The van der Waals surface area contributed by atoms with Crippen LogP contribution in [0, 0.1) is 10.1 Å². The van der Waals surface area contributed by atoms with Gasteiger partial charge in [0.05, 0.1) is 9.83 Å². The Morgan fingerprint density at radius 3 is 2.57 bits per heavy atom. The molecule has 7 heteroatoms. The highest BCUT2D eigenvalue weighted by molar-refractivity contribution is 8.26. The highest BCUT2D eigenvalue weighted by Crippen LogP contribution is 2.33. The number of nitro benzene ring substituents is 1. The van der Waals surface area contributed by atoms with Crippen LogP contribution in [0.15, 0.2) is 29.2 Å². The van der Waals surface area contributed by atoms with Crippen LogP contribution in [0.4, 0.5) is 5.69 Å². The van der Waals surface area contributed by atoms with Crippen molar-refractivity contribution in [2.24, 2.45) is 0 Å². The van der Waals surface area contributed by atoms with Gasteiger partial charge in [0.15, 0.2) is 0 Å². The van der Waals surface area contributed by atoms with Crippen LogP contribution in [0.3, 0.4) is 0 Å². The molecular weight excluding hydrogens is 332 g/mol. The summed E-state index contributed by atoms with van der Waals surface area (Å²) in [7, 11) is 0. The molecule has 0 atom stereocenters. The third-order valence-electron chi connectivity index (χ3n) is 3.51. The Morgan fingerprint density at radius 2 is 1.96 bits per heavy atom. The molecule has 0 aromatic heterocycles. The Bertz CT molecular complexity index is 641. The summed E-state index contributed by atoms with van der Waals surface area (Å²) in [6, 6.07) is 6.12. The number of hydrogen-bond donors (Lipinski definition) is 0. The molecule has 0 radical (unpaired) electrons. The second kappa shape index (κ2) is 8.21. The van der Waals surface area contributed by atoms with Gasteiger partial charge in [-0.25, -0.2) is 0 Å². The molecule has 1 aromatic rings. The lowest BCUT2D eigenvalue weighted by atomic mass is 10.2. The number of nitrogens with zero attached hydrogens (tertiary/aromatic N) is 2. The van der Waals surface area contributed by atoms with Gasteiger partial charge in [-0.15, -0.1) is 0 Å². The van der Waals surface area contributed by atoms with Crippen LogP contribution in [-0.2, 0) is 4.79 Å². The minimum Gasteiger partial charge on any atom is -0.293 e. The number of unbranched alkanes of at least 4 members (excludes halogenated alkanes) is 3. The number of thiocarbonyl (C=S) groups is 1. The van der Waals surface area contributed by atoms with Gasteiger partial charge in [-0.3, -0.25) is 19.8 Å². The van der Waals surface area contributed by atoms with Crippen molar-refractivity contribution >= 4 is 46.0 Å².